The second kappa shape index (κ2) is 13.0. The number of hydrogen-bond donors (Lipinski definition) is 3. The van der Waals surface area contributed by atoms with E-state index in [0.717, 1.165) is 63.7 Å². The van der Waals surface area contributed by atoms with Gasteiger partial charge in [-0.25, -0.2) is 4.63 Å². The van der Waals surface area contributed by atoms with Gasteiger partial charge in [0, 0.05) is 18.2 Å². The Morgan fingerprint density at radius 2 is 1.74 bits per heavy atom. The van der Waals surface area contributed by atoms with Crippen molar-refractivity contribution < 1.29 is 19.4 Å². The molecule has 10 nitrogen and oxygen atoms in total. The van der Waals surface area contributed by atoms with Gasteiger partial charge in [0.15, 0.2) is 5.52 Å². The van der Waals surface area contributed by atoms with E-state index in [1.165, 1.54) is 11.6 Å². The SMILES string of the molecule is C[C@](N)(CO)CCc1ccc(OCCCCCCCCNc2ccc([N+](=O)[O-])c3nonc23)cc1. The fraction of sp³-hybridized carbons (Fsp3) is 0.520. The largest absolute Gasteiger partial charge is 0.494 e. The molecule has 0 saturated carbocycles. The average molecular weight is 486 g/mol. The highest BCUT2D eigenvalue weighted by Gasteiger charge is 2.19. The monoisotopic (exact) mass is 485 g/mol. The van der Waals surface area contributed by atoms with E-state index in [-0.39, 0.29) is 17.8 Å². The Morgan fingerprint density at radius 3 is 2.46 bits per heavy atom. The molecule has 0 aliphatic carbocycles. The normalized spacial score (nSPS) is 13.0. The number of fused-ring (bicyclic) bond motifs is 1. The minimum atomic E-state index is -0.541. The summed E-state index contributed by atoms with van der Waals surface area (Å²) in [6, 6.07) is 11.1. The van der Waals surface area contributed by atoms with E-state index in [4.69, 9.17) is 10.5 Å². The van der Waals surface area contributed by atoms with E-state index in [0.29, 0.717) is 17.8 Å². The second-order valence-electron chi connectivity index (χ2n) is 9.20. The summed E-state index contributed by atoms with van der Waals surface area (Å²) in [5.41, 5.74) is 7.76. The summed E-state index contributed by atoms with van der Waals surface area (Å²) in [5, 5.41) is 31.0. The quantitative estimate of drug-likeness (QED) is 0.150. The lowest BCUT2D eigenvalue weighted by Gasteiger charge is -2.21. The zero-order chi connectivity index (χ0) is 25.1. The Hall–Kier alpha value is -3.24. The standard InChI is InChI=1S/C25H35N5O5/c1-25(26,18-31)15-14-19-8-10-20(11-9-19)34-17-7-5-3-2-4-6-16-27-21-12-13-22(30(32)33)24-23(21)28-35-29-24/h8-13,27,31H,2-7,14-18,26H2,1H3/t25-/m1/s1. The Kier molecular flexibility index (Phi) is 9.80. The van der Waals surface area contributed by atoms with Crippen LogP contribution in [0, 0.1) is 10.1 Å². The van der Waals surface area contributed by atoms with Crippen molar-refractivity contribution in [1.82, 2.24) is 10.3 Å². The molecule has 190 valence electrons. The maximum absolute atomic E-state index is 11.1. The van der Waals surface area contributed by atoms with E-state index in [2.05, 4.69) is 32.4 Å². The molecule has 0 bridgehead atoms. The predicted molar refractivity (Wildman–Crippen MR) is 135 cm³/mol. The summed E-state index contributed by atoms with van der Waals surface area (Å²) in [6.07, 6.45) is 8.09. The number of nitrogens with zero attached hydrogens (tertiary/aromatic N) is 3. The number of nitrogens with two attached hydrogens (primary N) is 1. The summed E-state index contributed by atoms with van der Waals surface area (Å²) >= 11 is 0. The fourth-order valence-corrected chi connectivity index (χ4v) is 3.75. The molecular formula is C25H35N5O5. The summed E-state index contributed by atoms with van der Waals surface area (Å²) in [7, 11) is 0. The van der Waals surface area contributed by atoms with Gasteiger partial charge >= 0.3 is 5.69 Å². The number of hydrogen-bond acceptors (Lipinski definition) is 9. The summed E-state index contributed by atoms with van der Waals surface area (Å²) in [6.45, 7) is 3.30. The van der Waals surface area contributed by atoms with Crippen molar-refractivity contribution in [2.45, 2.75) is 63.8 Å². The van der Waals surface area contributed by atoms with Crippen LogP contribution in [0.3, 0.4) is 0 Å². The van der Waals surface area contributed by atoms with Gasteiger partial charge in [-0.1, -0.05) is 37.8 Å². The molecule has 0 saturated heterocycles. The molecule has 1 aromatic heterocycles. The van der Waals surface area contributed by atoms with E-state index >= 15 is 0 Å². The van der Waals surface area contributed by atoms with Crippen molar-refractivity contribution in [2.24, 2.45) is 5.73 Å². The van der Waals surface area contributed by atoms with Crippen LogP contribution in [0.1, 0.15) is 57.4 Å². The maximum Gasteiger partial charge on any atom is 0.300 e. The topological polar surface area (TPSA) is 150 Å². The molecule has 10 heteroatoms. The third-order valence-corrected chi connectivity index (χ3v) is 6.02. The Labute approximate surface area is 205 Å². The number of nitro groups is 1. The molecule has 0 fully saturated rings. The molecule has 1 atom stereocenters. The van der Waals surface area contributed by atoms with Crippen molar-refractivity contribution in [1.29, 1.82) is 0 Å². The number of benzene rings is 2. The third kappa shape index (κ3) is 8.18. The zero-order valence-corrected chi connectivity index (χ0v) is 20.2. The van der Waals surface area contributed by atoms with Gasteiger partial charge in [0.2, 0.25) is 5.52 Å². The molecule has 4 N–H and O–H groups in total. The number of rotatable bonds is 16. The lowest BCUT2D eigenvalue weighted by atomic mass is 9.95. The lowest BCUT2D eigenvalue weighted by Crippen LogP contribution is -2.40. The predicted octanol–water partition coefficient (Wildman–Crippen LogP) is 4.60. The van der Waals surface area contributed by atoms with Crippen LogP contribution in [0.5, 0.6) is 5.75 Å². The van der Waals surface area contributed by atoms with Crippen molar-refractivity contribution >= 4 is 22.4 Å². The van der Waals surface area contributed by atoms with Crippen molar-refractivity contribution in [3.8, 4) is 5.75 Å². The number of aliphatic hydroxyl groups excluding tert-OH is 1. The first-order valence-electron chi connectivity index (χ1n) is 12.1. The molecule has 3 aromatic rings. The number of non-ortho nitro benzene ring substituents is 1. The zero-order valence-electron chi connectivity index (χ0n) is 20.2. The molecule has 0 amide bonds. The van der Waals surface area contributed by atoms with Crippen LogP contribution in [-0.4, -0.2) is 45.6 Å². The van der Waals surface area contributed by atoms with Gasteiger partial charge in [-0.05, 0) is 66.7 Å². The molecule has 0 unspecified atom stereocenters. The van der Waals surface area contributed by atoms with Gasteiger partial charge in [-0.3, -0.25) is 10.1 Å². The molecule has 0 aliphatic rings. The smallest absolute Gasteiger partial charge is 0.300 e. The van der Waals surface area contributed by atoms with E-state index in [1.54, 1.807) is 6.07 Å². The van der Waals surface area contributed by atoms with Crippen LogP contribution < -0.4 is 15.8 Å². The number of anilines is 1. The summed E-state index contributed by atoms with van der Waals surface area (Å²) < 4.78 is 10.5. The fourth-order valence-electron chi connectivity index (χ4n) is 3.75. The molecule has 0 spiro atoms. The van der Waals surface area contributed by atoms with E-state index in [9.17, 15) is 15.2 Å². The van der Waals surface area contributed by atoms with Crippen molar-refractivity contribution in [3.63, 3.8) is 0 Å². The number of aromatic nitrogens is 2. The molecule has 1 heterocycles. The molecule has 2 aromatic carbocycles. The summed E-state index contributed by atoms with van der Waals surface area (Å²) in [5.74, 6) is 0.875. The number of unbranched alkanes of at least 4 members (excludes halogenated alkanes) is 5. The molecular weight excluding hydrogens is 450 g/mol. The number of ether oxygens (including phenoxy) is 1. The van der Waals surface area contributed by atoms with Gasteiger partial charge < -0.3 is 20.9 Å². The number of nitro benzene ring substituents is 1. The van der Waals surface area contributed by atoms with Crippen LogP contribution in [0.2, 0.25) is 0 Å². The van der Waals surface area contributed by atoms with Crippen LogP contribution in [0.25, 0.3) is 11.0 Å². The van der Waals surface area contributed by atoms with Gasteiger partial charge in [-0.15, -0.1) is 0 Å². The highest BCUT2D eigenvalue weighted by atomic mass is 16.6. The molecule has 3 rings (SSSR count). The first kappa shape index (κ1) is 26.4. The second-order valence-corrected chi connectivity index (χ2v) is 9.20. The highest BCUT2D eigenvalue weighted by molar-refractivity contribution is 5.93. The molecule has 0 aliphatic heterocycles. The maximum atomic E-state index is 11.1. The van der Waals surface area contributed by atoms with Crippen molar-refractivity contribution in [2.75, 3.05) is 25.1 Å². The Balaban J connectivity index is 1.23. The van der Waals surface area contributed by atoms with Crippen LogP contribution in [0.15, 0.2) is 41.0 Å². The number of aliphatic hydroxyl groups is 1. The molecule has 0 radical (unpaired) electrons. The number of aryl methyl sites for hydroxylation is 1. The van der Waals surface area contributed by atoms with Crippen LogP contribution in [0.4, 0.5) is 11.4 Å². The average Bonchev–Trinajstić information content (AvgIpc) is 3.35. The Morgan fingerprint density at radius 1 is 1.06 bits per heavy atom. The molecule has 35 heavy (non-hydrogen) atoms. The third-order valence-electron chi connectivity index (χ3n) is 6.02. The first-order valence-corrected chi connectivity index (χ1v) is 12.1. The van der Waals surface area contributed by atoms with Crippen LogP contribution >= 0.6 is 0 Å². The van der Waals surface area contributed by atoms with Crippen LogP contribution in [-0.2, 0) is 6.42 Å². The minimum absolute atomic E-state index is 0.0157. The Bertz CT molecular complexity index is 1070. The van der Waals surface area contributed by atoms with E-state index < -0.39 is 10.5 Å². The minimum Gasteiger partial charge on any atom is -0.494 e. The van der Waals surface area contributed by atoms with Gasteiger partial charge in [-0.2, -0.15) is 0 Å². The first-order chi connectivity index (χ1) is 16.9. The highest BCUT2D eigenvalue weighted by Crippen LogP contribution is 2.28. The number of nitrogens with one attached hydrogen (secondary N) is 1. The van der Waals surface area contributed by atoms with Gasteiger partial charge in [0.1, 0.15) is 5.75 Å². The van der Waals surface area contributed by atoms with E-state index in [1.807, 2.05) is 19.1 Å². The van der Waals surface area contributed by atoms with Gasteiger partial charge in [0.05, 0.1) is 23.8 Å². The summed E-state index contributed by atoms with van der Waals surface area (Å²) in [4.78, 5) is 10.6. The van der Waals surface area contributed by atoms with Crippen molar-refractivity contribution in [3.05, 3.63) is 52.1 Å². The lowest BCUT2D eigenvalue weighted by molar-refractivity contribution is -0.383. The van der Waals surface area contributed by atoms with Gasteiger partial charge in [0.25, 0.3) is 0 Å².